The molecule has 0 aromatic heterocycles. The molecule has 33 heavy (non-hydrogen) atoms. The van der Waals surface area contributed by atoms with Gasteiger partial charge in [0, 0.05) is 23.7 Å². The molecule has 0 spiro atoms. The largest absolute Gasteiger partial charge is 0.490 e. The minimum absolute atomic E-state index is 0.224. The Morgan fingerprint density at radius 3 is 2.09 bits per heavy atom. The molecule has 0 saturated carbocycles. The van der Waals surface area contributed by atoms with E-state index >= 15 is 0 Å². The number of ketones is 1. The molecular formula is C24H28N2O7. The molecule has 2 N–H and O–H groups in total. The first-order valence-electron chi connectivity index (χ1n) is 10.5. The molecule has 0 fully saturated rings. The van der Waals surface area contributed by atoms with E-state index in [0.29, 0.717) is 36.0 Å². The summed E-state index contributed by atoms with van der Waals surface area (Å²) in [6.45, 7) is 6.94. The molecule has 1 atom stereocenters. The lowest BCUT2D eigenvalue weighted by atomic mass is 10.1. The van der Waals surface area contributed by atoms with Gasteiger partial charge < -0.3 is 24.8 Å². The number of nitrogens with one attached hydrogen (secondary N) is 2. The molecule has 176 valence electrons. The maximum absolute atomic E-state index is 12.5. The van der Waals surface area contributed by atoms with Gasteiger partial charge in [-0.15, -0.1) is 0 Å². The number of hydrogen-bond acceptors (Lipinski definition) is 7. The Morgan fingerprint density at radius 1 is 0.879 bits per heavy atom. The number of ether oxygens (including phenoxy) is 3. The van der Waals surface area contributed by atoms with E-state index < -0.39 is 30.3 Å². The Hall–Kier alpha value is -3.88. The molecule has 0 aliphatic carbocycles. The van der Waals surface area contributed by atoms with Gasteiger partial charge >= 0.3 is 5.97 Å². The summed E-state index contributed by atoms with van der Waals surface area (Å²) in [5, 5.41) is 5.07. The van der Waals surface area contributed by atoms with Crippen LogP contribution in [0.15, 0.2) is 42.5 Å². The third-order valence-corrected chi connectivity index (χ3v) is 4.37. The normalized spacial score (nSPS) is 11.2. The fourth-order valence-electron chi connectivity index (χ4n) is 2.90. The average molecular weight is 456 g/mol. The lowest BCUT2D eigenvalue weighted by molar-refractivity contribution is -0.145. The van der Waals surface area contributed by atoms with E-state index in [4.69, 9.17) is 14.2 Å². The number of carbonyl (C=O) groups excluding carboxylic acids is 4. The van der Waals surface area contributed by atoms with E-state index in [1.807, 2.05) is 13.8 Å². The molecule has 0 saturated heterocycles. The Kier molecular flexibility index (Phi) is 9.41. The van der Waals surface area contributed by atoms with Crippen LogP contribution in [0.4, 0.5) is 5.69 Å². The SMILES string of the molecule is CCOc1ccc(C(=O)NCC(=O)OC(C)C(=O)c2ccc(NC(C)=O)cc2)cc1OCC. The highest BCUT2D eigenvalue weighted by atomic mass is 16.5. The van der Waals surface area contributed by atoms with E-state index in [0.717, 1.165) is 0 Å². The lowest BCUT2D eigenvalue weighted by Crippen LogP contribution is -2.34. The summed E-state index contributed by atoms with van der Waals surface area (Å²) in [4.78, 5) is 48.1. The fourth-order valence-corrected chi connectivity index (χ4v) is 2.90. The number of hydrogen-bond donors (Lipinski definition) is 2. The second-order valence-electron chi connectivity index (χ2n) is 6.97. The highest BCUT2D eigenvalue weighted by molar-refractivity contribution is 6.01. The molecule has 0 bridgehead atoms. The van der Waals surface area contributed by atoms with Crippen molar-refractivity contribution in [1.82, 2.24) is 5.32 Å². The predicted octanol–water partition coefficient (Wildman–Crippen LogP) is 2.99. The zero-order valence-electron chi connectivity index (χ0n) is 19.1. The molecule has 0 aliphatic heterocycles. The highest BCUT2D eigenvalue weighted by Crippen LogP contribution is 2.28. The maximum Gasteiger partial charge on any atom is 0.326 e. The smallest absolute Gasteiger partial charge is 0.326 e. The fraction of sp³-hybridized carbons (Fsp3) is 0.333. The molecule has 0 heterocycles. The third kappa shape index (κ3) is 7.64. The first kappa shape index (κ1) is 25.4. The predicted molar refractivity (Wildman–Crippen MR) is 122 cm³/mol. The van der Waals surface area contributed by atoms with Gasteiger partial charge in [-0.05, 0) is 63.2 Å². The van der Waals surface area contributed by atoms with Gasteiger partial charge in [0.05, 0.1) is 13.2 Å². The minimum Gasteiger partial charge on any atom is -0.490 e. The van der Waals surface area contributed by atoms with Crippen LogP contribution in [0.2, 0.25) is 0 Å². The Labute approximate surface area is 192 Å². The zero-order chi connectivity index (χ0) is 24.4. The number of benzene rings is 2. The quantitative estimate of drug-likeness (QED) is 0.394. The van der Waals surface area contributed by atoms with E-state index in [9.17, 15) is 19.2 Å². The average Bonchev–Trinajstić information content (AvgIpc) is 2.78. The van der Waals surface area contributed by atoms with Crippen molar-refractivity contribution in [1.29, 1.82) is 0 Å². The first-order chi connectivity index (χ1) is 15.7. The van der Waals surface area contributed by atoms with Crippen LogP contribution < -0.4 is 20.1 Å². The van der Waals surface area contributed by atoms with Gasteiger partial charge in [-0.2, -0.15) is 0 Å². The summed E-state index contributed by atoms with van der Waals surface area (Å²) in [7, 11) is 0. The van der Waals surface area contributed by atoms with Crippen molar-refractivity contribution >= 4 is 29.3 Å². The van der Waals surface area contributed by atoms with Crippen molar-refractivity contribution in [2.75, 3.05) is 25.1 Å². The second kappa shape index (κ2) is 12.2. The summed E-state index contributed by atoms with van der Waals surface area (Å²) >= 11 is 0. The van der Waals surface area contributed by atoms with Crippen LogP contribution in [0.1, 0.15) is 48.4 Å². The van der Waals surface area contributed by atoms with Crippen LogP contribution >= 0.6 is 0 Å². The van der Waals surface area contributed by atoms with Gasteiger partial charge in [-0.1, -0.05) is 0 Å². The molecule has 1 unspecified atom stereocenters. The summed E-state index contributed by atoms with van der Waals surface area (Å²) in [5.41, 5.74) is 1.16. The number of anilines is 1. The lowest BCUT2D eigenvalue weighted by Gasteiger charge is -2.14. The molecule has 2 aromatic carbocycles. The van der Waals surface area contributed by atoms with Gasteiger partial charge in [0.25, 0.3) is 5.91 Å². The highest BCUT2D eigenvalue weighted by Gasteiger charge is 2.20. The van der Waals surface area contributed by atoms with Crippen LogP contribution in [0, 0.1) is 0 Å². The molecule has 2 amide bonds. The molecule has 2 rings (SSSR count). The summed E-state index contributed by atoms with van der Waals surface area (Å²) in [6, 6.07) is 10.9. The maximum atomic E-state index is 12.5. The van der Waals surface area contributed by atoms with E-state index in [1.165, 1.54) is 32.0 Å². The molecule has 9 heteroatoms. The van der Waals surface area contributed by atoms with E-state index in [2.05, 4.69) is 10.6 Å². The van der Waals surface area contributed by atoms with Gasteiger partial charge in [0.2, 0.25) is 11.7 Å². The van der Waals surface area contributed by atoms with Crippen molar-refractivity contribution in [3.05, 3.63) is 53.6 Å². The van der Waals surface area contributed by atoms with Gasteiger partial charge in [0.15, 0.2) is 17.6 Å². The van der Waals surface area contributed by atoms with Crippen molar-refractivity contribution in [2.24, 2.45) is 0 Å². The van der Waals surface area contributed by atoms with Gasteiger partial charge in [-0.3, -0.25) is 19.2 Å². The van der Waals surface area contributed by atoms with Crippen molar-refractivity contribution in [3.63, 3.8) is 0 Å². The van der Waals surface area contributed by atoms with Crippen molar-refractivity contribution < 1.29 is 33.4 Å². The number of carbonyl (C=O) groups is 4. The molecule has 2 aromatic rings. The summed E-state index contributed by atoms with van der Waals surface area (Å²) in [6.07, 6.45) is -1.05. The van der Waals surface area contributed by atoms with Crippen LogP contribution in [0.3, 0.4) is 0 Å². The summed E-state index contributed by atoms with van der Waals surface area (Å²) < 4.78 is 16.1. The monoisotopic (exact) mass is 456 g/mol. The van der Waals surface area contributed by atoms with Crippen LogP contribution in [-0.4, -0.2) is 49.4 Å². The van der Waals surface area contributed by atoms with E-state index in [-0.39, 0.29) is 11.5 Å². The van der Waals surface area contributed by atoms with Gasteiger partial charge in [0.1, 0.15) is 6.54 Å². The molecule has 0 radical (unpaired) electrons. The number of amides is 2. The zero-order valence-corrected chi connectivity index (χ0v) is 19.1. The van der Waals surface area contributed by atoms with Crippen LogP contribution in [-0.2, 0) is 14.3 Å². The third-order valence-electron chi connectivity index (χ3n) is 4.37. The van der Waals surface area contributed by atoms with E-state index in [1.54, 1.807) is 24.3 Å². The Balaban J connectivity index is 1.91. The summed E-state index contributed by atoms with van der Waals surface area (Å²) in [5.74, 6) is -0.931. The Bertz CT molecular complexity index is 1000. The minimum atomic E-state index is -1.05. The topological polar surface area (TPSA) is 120 Å². The van der Waals surface area contributed by atoms with Crippen LogP contribution in [0.25, 0.3) is 0 Å². The second-order valence-corrected chi connectivity index (χ2v) is 6.97. The van der Waals surface area contributed by atoms with Crippen molar-refractivity contribution in [2.45, 2.75) is 33.8 Å². The molecule has 0 aliphatic rings. The number of rotatable bonds is 11. The number of esters is 1. The number of Topliss-reactive ketones (excluding diaryl/α,β-unsaturated/α-hetero) is 1. The van der Waals surface area contributed by atoms with Crippen molar-refractivity contribution in [3.8, 4) is 11.5 Å². The standard InChI is InChI=1S/C24H28N2O7/c1-5-31-20-12-9-18(13-21(20)32-6-2)24(30)25-14-22(28)33-15(3)23(29)17-7-10-19(11-8-17)26-16(4)27/h7-13,15H,5-6,14H2,1-4H3,(H,25,30)(H,26,27). The van der Waals surface area contributed by atoms with Crippen LogP contribution in [0.5, 0.6) is 11.5 Å². The molecular weight excluding hydrogens is 428 g/mol. The first-order valence-corrected chi connectivity index (χ1v) is 10.5. The Morgan fingerprint density at radius 2 is 1.48 bits per heavy atom. The molecule has 9 nitrogen and oxygen atoms in total. The van der Waals surface area contributed by atoms with Gasteiger partial charge in [-0.25, -0.2) is 0 Å².